The number of nitrogens with zero attached hydrogens (tertiary/aromatic N) is 1. The van der Waals surface area contributed by atoms with E-state index in [0.717, 1.165) is 17.1 Å². The number of fused-ring (bicyclic) bond motifs is 3. The van der Waals surface area contributed by atoms with Crippen molar-refractivity contribution in [3.8, 4) is 55.6 Å². The van der Waals surface area contributed by atoms with Crippen LogP contribution in [-0.4, -0.2) is 0 Å². The second-order valence-corrected chi connectivity index (χ2v) is 14.5. The van der Waals surface area contributed by atoms with Gasteiger partial charge in [-0.05, 0) is 120 Å². The molecular formula is C56H39N. The topological polar surface area (TPSA) is 3.24 Å². The lowest BCUT2D eigenvalue weighted by atomic mass is 9.82. The third-order valence-electron chi connectivity index (χ3n) is 11.0. The third kappa shape index (κ3) is 6.46. The van der Waals surface area contributed by atoms with Crippen molar-refractivity contribution in [2.45, 2.75) is 0 Å². The molecule has 0 aliphatic rings. The van der Waals surface area contributed by atoms with Crippen molar-refractivity contribution < 1.29 is 0 Å². The fourth-order valence-electron chi connectivity index (χ4n) is 8.43. The van der Waals surface area contributed by atoms with Crippen LogP contribution >= 0.6 is 0 Å². The molecule has 0 amide bonds. The first-order valence-corrected chi connectivity index (χ1v) is 19.6. The second-order valence-electron chi connectivity index (χ2n) is 14.5. The molecule has 0 unspecified atom stereocenters. The molecule has 0 bridgehead atoms. The minimum Gasteiger partial charge on any atom is -0.310 e. The molecule has 268 valence electrons. The van der Waals surface area contributed by atoms with E-state index in [-0.39, 0.29) is 0 Å². The summed E-state index contributed by atoms with van der Waals surface area (Å²) in [5.41, 5.74) is 15.3. The third-order valence-corrected chi connectivity index (χ3v) is 11.0. The van der Waals surface area contributed by atoms with Crippen LogP contribution in [0, 0.1) is 0 Å². The Labute approximate surface area is 334 Å². The Balaban J connectivity index is 1.18. The van der Waals surface area contributed by atoms with Crippen LogP contribution in [0.2, 0.25) is 0 Å². The van der Waals surface area contributed by atoms with Crippen LogP contribution in [0.15, 0.2) is 237 Å². The van der Waals surface area contributed by atoms with Gasteiger partial charge in [-0.3, -0.25) is 0 Å². The molecule has 0 atom stereocenters. The molecule has 57 heavy (non-hydrogen) atoms. The van der Waals surface area contributed by atoms with Crippen LogP contribution in [-0.2, 0) is 0 Å². The molecule has 0 saturated heterocycles. The maximum Gasteiger partial charge on any atom is 0.0473 e. The fraction of sp³-hybridized carbons (Fsp3) is 0. The zero-order chi connectivity index (χ0) is 38.0. The molecule has 10 aromatic rings. The largest absolute Gasteiger partial charge is 0.310 e. The highest BCUT2D eigenvalue weighted by Crippen LogP contribution is 2.48. The maximum atomic E-state index is 2.38. The monoisotopic (exact) mass is 725 g/mol. The predicted octanol–water partition coefficient (Wildman–Crippen LogP) is 15.8. The summed E-state index contributed by atoms with van der Waals surface area (Å²) in [5, 5.41) is 5.03. The van der Waals surface area contributed by atoms with Crippen molar-refractivity contribution in [2.24, 2.45) is 0 Å². The molecule has 0 fully saturated rings. The molecule has 1 heteroatoms. The van der Waals surface area contributed by atoms with E-state index in [1.807, 2.05) is 0 Å². The molecule has 1 nitrogen and oxygen atoms in total. The Morgan fingerprint density at radius 3 is 1.23 bits per heavy atom. The average Bonchev–Trinajstić information content (AvgIpc) is 3.30. The van der Waals surface area contributed by atoms with Gasteiger partial charge in [-0.2, -0.15) is 0 Å². The molecule has 0 N–H and O–H groups in total. The molecule has 0 heterocycles. The Morgan fingerprint density at radius 1 is 0.228 bits per heavy atom. The van der Waals surface area contributed by atoms with E-state index >= 15 is 0 Å². The molecule has 0 spiro atoms. The van der Waals surface area contributed by atoms with Crippen LogP contribution in [0.3, 0.4) is 0 Å². The molecule has 0 aliphatic heterocycles. The Bertz CT molecular complexity index is 2900. The SMILES string of the molecule is c1ccc(-c2cc(-c3ccccc3)cc(N(c3ccccc3)c3ccc(-c4cccc5c4c(-c4ccccc4)c(-c4ccccc4)c4ccccc45)cc3)c2)cc1. The highest BCUT2D eigenvalue weighted by atomic mass is 15.1. The molecule has 0 radical (unpaired) electrons. The van der Waals surface area contributed by atoms with E-state index < -0.39 is 0 Å². The maximum absolute atomic E-state index is 2.38. The minimum atomic E-state index is 1.09. The van der Waals surface area contributed by atoms with Crippen molar-refractivity contribution in [3.05, 3.63) is 237 Å². The van der Waals surface area contributed by atoms with Crippen molar-refractivity contribution in [2.75, 3.05) is 4.90 Å². The summed E-state index contributed by atoms with van der Waals surface area (Å²) in [7, 11) is 0. The lowest BCUT2D eigenvalue weighted by Crippen LogP contribution is -2.10. The van der Waals surface area contributed by atoms with Crippen molar-refractivity contribution in [3.63, 3.8) is 0 Å². The van der Waals surface area contributed by atoms with Crippen LogP contribution in [0.1, 0.15) is 0 Å². The summed E-state index contributed by atoms with van der Waals surface area (Å²) in [6.45, 7) is 0. The number of hydrogen-bond acceptors (Lipinski definition) is 1. The summed E-state index contributed by atoms with van der Waals surface area (Å²) < 4.78 is 0. The smallest absolute Gasteiger partial charge is 0.0473 e. The summed E-state index contributed by atoms with van der Waals surface area (Å²) in [6, 6.07) is 85.6. The fourth-order valence-corrected chi connectivity index (χ4v) is 8.43. The molecule has 10 aromatic carbocycles. The highest BCUT2D eigenvalue weighted by Gasteiger charge is 2.21. The molecular weight excluding hydrogens is 687 g/mol. The van der Waals surface area contributed by atoms with Crippen LogP contribution < -0.4 is 4.90 Å². The van der Waals surface area contributed by atoms with E-state index in [4.69, 9.17) is 0 Å². The van der Waals surface area contributed by atoms with Crippen molar-refractivity contribution in [1.29, 1.82) is 0 Å². The zero-order valence-corrected chi connectivity index (χ0v) is 31.5. The highest BCUT2D eigenvalue weighted by molar-refractivity contribution is 6.24. The van der Waals surface area contributed by atoms with Gasteiger partial charge in [0.15, 0.2) is 0 Å². The summed E-state index contributed by atoms with van der Waals surface area (Å²) in [4.78, 5) is 2.38. The van der Waals surface area contributed by atoms with Crippen LogP contribution in [0.4, 0.5) is 17.1 Å². The first-order chi connectivity index (χ1) is 28.3. The van der Waals surface area contributed by atoms with Gasteiger partial charge in [0.05, 0.1) is 0 Å². The molecule has 0 saturated carbocycles. The number of benzene rings is 10. The van der Waals surface area contributed by atoms with Crippen molar-refractivity contribution in [1.82, 2.24) is 0 Å². The van der Waals surface area contributed by atoms with Gasteiger partial charge in [0.2, 0.25) is 0 Å². The van der Waals surface area contributed by atoms with Gasteiger partial charge in [0.25, 0.3) is 0 Å². The summed E-state index contributed by atoms with van der Waals surface area (Å²) in [6.07, 6.45) is 0. The van der Waals surface area contributed by atoms with Gasteiger partial charge in [0, 0.05) is 17.1 Å². The Hall–Kier alpha value is -7.48. The van der Waals surface area contributed by atoms with E-state index in [9.17, 15) is 0 Å². The van der Waals surface area contributed by atoms with Gasteiger partial charge in [-0.1, -0.05) is 194 Å². The standard InChI is InChI=1S/C56H39N/c1-6-19-40(20-7-1)45-37-46(41-21-8-2-9-22-41)39-49(38-45)57(47-27-14-5-15-28-47)48-35-33-42(34-36-48)50-31-18-32-53-51-29-16-17-30-52(51)54(43-23-10-3-11-24-43)55(56(50)53)44-25-12-4-13-26-44/h1-39H. The van der Waals surface area contributed by atoms with Gasteiger partial charge in [0.1, 0.15) is 0 Å². The molecule has 0 aromatic heterocycles. The van der Waals surface area contributed by atoms with Gasteiger partial charge in [-0.15, -0.1) is 0 Å². The predicted molar refractivity (Wildman–Crippen MR) is 243 cm³/mol. The van der Waals surface area contributed by atoms with Gasteiger partial charge < -0.3 is 4.90 Å². The number of para-hydroxylation sites is 1. The lowest BCUT2D eigenvalue weighted by Gasteiger charge is -2.27. The van der Waals surface area contributed by atoms with E-state index in [1.165, 1.54) is 77.2 Å². The number of anilines is 3. The normalized spacial score (nSPS) is 11.2. The quantitative estimate of drug-likeness (QED) is 0.141. The molecule has 10 rings (SSSR count). The zero-order valence-electron chi connectivity index (χ0n) is 31.5. The van der Waals surface area contributed by atoms with E-state index in [0.29, 0.717) is 0 Å². The van der Waals surface area contributed by atoms with Crippen LogP contribution in [0.5, 0.6) is 0 Å². The number of rotatable bonds is 8. The van der Waals surface area contributed by atoms with E-state index in [1.54, 1.807) is 0 Å². The first kappa shape index (κ1) is 34.0. The Morgan fingerprint density at radius 2 is 0.667 bits per heavy atom. The van der Waals surface area contributed by atoms with Crippen molar-refractivity contribution >= 4 is 38.6 Å². The van der Waals surface area contributed by atoms with Gasteiger partial charge in [-0.25, -0.2) is 0 Å². The molecule has 0 aliphatic carbocycles. The Kier molecular flexibility index (Phi) is 8.95. The first-order valence-electron chi connectivity index (χ1n) is 19.6. The van der Waals surface area contributed by atoms with Gasteiger partial charge >= 0.3 is 0 Å². The lowest BCUT2D eigenvalue weighted by molar-refractivity contribution is 1.28. The van der Waals surface area contributed by atoms with E-state index in [2.05, 4.69) is 241 Å². The second kappa shape index (κ2) is 15.0. The van der Waals surface area contributed by atoms with Crippen LogP contribution in [0.25, 0.3) is 77.2 Å². The summed E-state index contributed by atoms with van der Waals surface area (Å²) >= 11 is 0. The summed E-state index contributed by atoms with van der Waals surface area (Å²) in [5.74, 6) is 0. The average molecular weight is 726 g/mol. The number of hydrogen-bond donors (Lipinski definition) is 0. The minimum absolute atomic E-state index is 1.09.